The van der Waals surface area contributed by atoms with Gasteiger partial charge in [-0.2, -0.15) is 0 Å². The largest absolute Gasteiger partial charge is 3.00 e. The van der Waals surface area contributed by atoms with Gasteiger partial charge in [-0.3, -0.25) is 4.79 Å². The van der Waals surface area contributed by atoms with Crippen LogP contribution in [0, 0.1) is 64.0 Å². The van der Waals surface area contributed by atoms with Gasteiger partial charge in [0.05, 0.1) is 6.54 Å². The summed E-state index contributed by atoms with van der Waals surface area (Å²) in [6, 6.07) is -0.769. The molecule has 1 aliphatic rings. The first kappa shape index (κ1) is 25.1. The summed E-state index contributed by atoms with van der Waals surface area (Å²) in [4.78, 5) is 22.0. The molecule has 3 N–H and O–H groups in total. The van der Waals surface area contributed by atoms with Gasteiger partial charge < -0.3 is 42.7 Å². The Kier molecular flexibility index (Phi) is 18.1. The first-order valence-electron chi connectivity index (χ1n) is 3.55. The molecule has 1 aliphatic heterocycles. The fraction of sp³-hybridized carbons (Fsp3) is 0.444. The summed E-state index contributed by atoms with van der Waals surface area (Å²) in [5.74, 6) is -1.01. The fourth-order valence-electron chi connectivity index (χ4n) is 1.09. The van der Waals surface area contributed by atoms with Crippen LogP contribution in [0.3, 0.4) is 0 Å². The third-order valence-electron chi connectivity index (χ3n) is 1.74. The number of carboxylic acid groups (broad SMARTS) is 2. The number of carboxylic acids is 1. The van der Waals surface area contributed by atoms with E-state index < -0.39 is 18.1 Å². The average molecular weight is 359 g/mol. The molecule has 1 radical (unpaired) electrons. The molecule has 6 nitrogen and oxygen atoms in total. The van der Waals surface area contributed by atoms with Crippen LogP contribution in [-0.4, -0.2) is 52.9 Å². The van der Waals surface area contributed by atoms with Crippen LogP contribution >= 0.6 is 0 Å². The number of hydrogen-bond acceptors (Lipinski definition) is 3. The molecule has 0 bridgehead atoms. The topological polar surface area (TPSA) is 89.9 Å². The maximum absolute atomic E-state index is 10.4. The second kappa shape index (κ2) is 11.6. The van der Waals surface area contributed by atoms with Gasteiger partial charge in [-0.05, 0) is 0 Å². The molecule has 1 atom stereocenters. The molecular formula is C9H19CeN2O4. The van der Waals surface area contributed by atoms with Crippen molar-refractivity contribution in [1.29, 1.82) is 0 Å². The predicted molar refractivity (Wildman–Crippen MR) is 58.3 cm³/mol. The zero-order chi connectivity index (χ0) is 9.14. The van der Waals surface area contributed by atoms with Gasteiger partial charge >= 0.3 is 53.8 Å². The van der Waals surface area contributed by atoms with Gasteiger partial charge in [0.1, 0.15) is 6.04 Å². The molecule has 1 fully saturated rings. The molecule has 0 aromatic rings. The van der Waals surface area contributed by atoms with Crippen molar-refractivity contribution in [2.75, 3.05) is 19.6 Å². The minimum absolute atomic E-state index is 0. The molecule has 0 aromatic carbocycles. The van der Waals surface area contributed by atoms with Gasteiger partial charge in [-0.1, -0.05) is 0 Å². The van der Waals surface area contributed by atoms with Crippen LogP contribution in [0.1, 0.15) is 0 Å². The molecule has 1 rings (SSSR count). The summed E-state index contributed by atoms with van der Waals surface area (Å²) in [6.45, 7) is 0.757. The monoisotopic (exact) mass is 359 g/mol. The van der Waals surface area contributed by atoms with Crippen molar-refractivity contribution in [3.63, 3.8) is 0 Å². The molecule has 93 valence electrons. The van der Waals surface area contributed by atoms with E-state index in [0.717, 1.165) is 4.90 Å². The second-order valence-electron chi connectivity index (χ2n) is 2.57. The van der Waals surface area contributed by atoms with E-state index in [-0.39, 0.29) is 70.6 Å². The molecule has 1 saturated heterocycles. The molecule has 1 heterocycles. The van der Waals surface area contributed by atoms with Crippen LogP contribution in [0.4, 0.5) is 4.79 Å². The molecular weight excluding hydrogens is 340 g/mol. The number of nitrogens with one attached hydrogen (secondary N) is 1. The van der Waals surface area contributed by atoms with Gasteiger partial charge in [0, 0.05) is 13.1 Å². The van der Waals surface area contributed by atoms with Crippen LogP contribution in [0.15, 0.2) is 0 Å². The minimum Gasteiger partial charge on any atom is -0.480 e. The van der Waals surface area contributed by atoms with E-state index in [0.29, 0.717) is 13.1 Å². The standard InChI is InChI=1S/C6H10N2O4.3CH3.Ce/c9-5(10)4-3-8(6(11)12)2-1-7-4;;;;/h4,7H,1-3H2,(H,9,10)(H,11,12);3*1H3;/q;3*-1;+3. The molecule has 1 amide bonds. The molecule has 0 aromatic heterocycles. The Morgan fingerprint density at radius 2 is 1.69 bits per heavy atom. The van der Waals surface area contributed by atoms with Crippen molar-refractivity contribution >= 4 is 12.1 Å². The molecule has 0 spiro atoms. The van der Waals surface area contributed by atoms with E-state index >= 15 is 0 Å². The SMILES string of the molecule is O=C(O)C1CN(C(=O)O)CCN1.[CH3-].[CH3-].[CH3-].[Ce+3]. The van der Waals surface area contributed by atoms with E-state index in [9.17, 15) is 9.59 Å². The Labute approximate surface area is 131 Å². The first-order chi connectivity index (χ1) is 5.61. The second-order valence-corrected chi connectivity index (χ2v) is 2.57. The van der Waals surface area contributed by atoms with Gasteiger partial charge in [-0.25, -0.2) is 4.79 Å². The third kappa shape index (κ3) is 7.37. The molecule has 16 heavy (non-hydrogen) atoms. The van der Waals surface area contributed by atoms with Crippen LogP contribution in [-0.2, 0) is 4.79 Å². The first-order valence-corrected chi connectivity index (χ1v) is 3.55. The summed E-state index contributed by atoms with van der Waals surface area (Å²) >= 11 is 0. The van der Waals surface area contributed by atoms with Gasteiger partial charge in [0.2, 0.25) is 0 Å². The Bertz CT molecular complexity index is 194. The quantitative estimate of drug-likeness (QED) is 0.589. The maximum atomic E-state index is 10.4. The van der Waals surface area contributed by atoms with Crippen LogP contribution in [0.25, 0.3) is 0 Å². The molecule has 7 heteroatoms. The van der Waals surface area contributed by atoms with Crippen molar-refractivity contribution in [1.82, 2.24) is 10.2 Å². The number of piperazine rings is 1. The number of hydrogen-bond donors (Lipinski definition) is 3. The number of nitrogens with zero attached hydrogens (tertiary/aromatic N) is 1. The average Bonchev–Trinajstić information content (AvgIpc) is 2.04. The van der Waals surface area contributed by atoms with Crippen LogP contribution in [0.5, 0.6) is 0 Å². The molecule has 0 aliphatic carbocycles. The van der Waals surface area contributed by atoms with Crippen molar-refractivity contribution in [3.05, 3.63) is 22.3 Å². The van der Waals surface area contributed by atoms with Gasteiger partial charge in [0.25, 0.3) is 0 Å². The van der Waals surface area contributed by atoms with Crippen LogP contribution < -0.4 is 5.32 Å². The van der Waals surface area contributed by atoms with Crippen molar-refractivity contribution < 1.29 is 61.5 Å². The summed E-state index contributed by atoms with van der Waals surface area (Å²) in [5.41, 5.74) is 0. The predicted octanol–water partition coefficient (Wildman–Crippen LogP) is 0.374. The van der Waals surface area contributed by atoms with Crippen molar-refractivity contribution in [2.24, 2.45) is 0 Å². The fourth-order valence-corrected chi connectivity index (χ4v) is 1.09. The zero-order valence-corrected chi connectivity index (χ0v) is 13.0. The van der Waals surface area contributed by atoms with Crippen molar-refractivity contribution in [3.8, 4) is 0 Å². The summed E-state index contributed by atoms with van der Waals surface area (Å²) in [5, 5.41) is 19.8. The van der Waals surface area contributed by atoms with E-state index in [1.54, 1.807) is 0 Å². The number of aliphatic carboxylic acids is 1. The summed E-state index contributed by atoms with van der Waals surface area (Å²) < 4.78 is 0. The van der Waals surface area contributed by atoms with Crippen molar-refractivity contribution in [2.45, 2.75) is 6.04 Å². The number of amides is 1. The summed E-state index contributed by atoms with van der Waals surface area (Å²) in [7, 11) is 0. The number of carbonyl (C=O) groups is 2. The van der Waals surface area contributed by atoms with Gasteiger partial charge in [-0.15, -0.1) is 0 Å². The van der Waals surface area contributed by atoms with E-state index in [2.05, 4.69) is 5.32 Å². The van der Waals surface area contributed by atoms with E-state index in [1.165, 1.54) is 0 Å². The molecule has 0 saturated carbocycles. The third-order valence-corrected chi connectivity index (χ3v) is 1.74. The Morgan fingerprint density at radius 1 is 1.19 bits per heavy atom. The Balaban J connectivity index is -0.000000180. The van der Waals surface area contributed by atoms with Crippen LogP contribution in [0.2, 0.25) is 0 Å². The maximum Gasteiger partial charge on any atom is 3.00 e. The smallest absolute Gasteiger partial charge is 0.480 e. The summed E-state index contributed by atoms with van der Waals surface area (Å²) in [6.07, 6.45) is -1.07. The Morgan fingerprint density at radius 3 is 2.06 bits per heavy atom. The van der Waals surface area contributed by atoms with Gasteiger partial charge in [0.15, 0.2) is 0 Å². The van der Waals surface area contributed by atoms with E-state index in [4.69, 9.17) is 10.2 Å². The molecule has 1 unspecified atom stereocenters. The van der Waals surface area contributed by atoms with E-state index in [1.807, 2.05) is 0 Å². The number of rotatable bonds is 1. The normalized spacial score (nSPS) is 17.8. The zero-order valence-electron chi connectivity index (χ0n) is 9.86. The Hall–Kier alpha value is 0.0766. The minimum atomic E-state index is -1.07.